The first-order chi connectivity index (χ1) is 6.22. The summed E-state index contributed by atoms with van der Waals surface area (Å²) in [5.74, 6) is 0. The third kappa shape index (κ3) is 3.60. The molecule has 1 heterocycles. The summed E-state index contributed by atoms with van der Waals surface area (Å²) in [6, 6.07) is 0. The van der Waals surface area contributed by atoms with Crippen LogP contribution in [0.2, 0.25) is 0 Å². The molecule has 0 aromatic carbocycles. The molecule has 1 aliphatic rings. The van der Waals surface area contributed by atoms with Gasteiger partial charge in [0.05, 0.1) is 0 Å². The van der Waals surface area contributed by atoms with Crippen LogP contribution >= 0.6 is 0 Å². The summed E-state index contributed by atoms with van der Waals surface area (Å²) in [6.45, 7) is 13.2. The van der Waals surface area contributed by atoms with Gasteiger partial charge in [-0.25, -0.2) is 0 Å². The van der Waals surface area contributed by atoms with Crippen molar-refractivity contribution in [1.82, 2.24) is 4.90 Å². The minimum absolute atomic E-state index is 1.04. The summed E-state index contributed by atoms with van der Waals surface area (Å²) < 4.78 is 0. The first-order valence-electron chi connectivity index (χ1n) is 4.93. The van der Waals surface area contributed by atoms with E-state index in [1.54, 1.807) is 0 Å². The lowest BCUT2D eigenvalue weighted by Gasteiger charge is -2.14. The molecule has 1 rings (SSSR count). The van der Waals surface area contributed by atoms with Crippen molar-refractivity contribution in [2.45, 2.75) is 19.8 Å². The van der Waals surface area contributed by atoms with Gasteiger partial charge in [-0.05, 0) is 38.4 Å². The van der Waals surface area contributed by atoms with Gasteiger partial charge in [-0.2, -0.15) is 0 Å². The second-order valence-electron chi connectivity index (χ2n) is 3.75. The van der Waals surface area contributed by atoms with Crippen LogP contribution in [0.5, 0.6) is 0 Å². The second kappa shape index (κ2) is 5.03. The lowest BCUT2D eigenvalue weighted by atomic mass is 10.2. The molecule has 0 radical (unpaired) electrons. The molecule has 1 aliphatic heterocycles. The molecule has 1 heteroatoms. The number of rotatable bonds is 4. The normalized spacial score (nSPS) is 19.0. The number of likely N-dealkylation sites (tertiary alicyclic amines) is 1. The molecule has 0 aromatic rings. The summed E-state index contributed by atoms with van der Waals surface area (Å²) in [6.07, 6.45) is 6.74. The van der Waals surface area contributed by atoms with Crippen LogP contribution in [0.15, 0.2) is 36.5 Å². The second-order valence-corrected chi connectivity index (χ2v) is 3.75. The van der Waals surface area contributed by atoms with Gasteiger partial charge in [0.15, 0.2) is 0 Å². The molecular formula is C12H19N. The number of allylic oxidation sites excluding steroid dienone is 2. The van der Waals surface area contributed by atoms with E-state index in [9.17, 15) is 0 Å². The maximum absolute atomic E-state index is 3.87. The zero-order chi connectivity index (χ0) is 9.68. The van der Waals surface area contributed by atoms with Crippen LogP contribution in [0.3, 0.4) is 0 Å². The molecule has 0 bridgehead atoms. The van der Waals surface area contributed by atoms with Crippen LogP contribution in [0.4, 0.5) is 0 Å². The van der Waals surface area contributed by atoms with Crippen LogP contribution in [0.25, 0.3) is 0 Å². The molecule has 0 N–H and O–H groups in total. The standard InChI is InChI=1S/C12H19N/c1-4-12(9-11(2)3)10-13-7-5-6-8-13/h4,9H,1-2,5-8,10H2,3H3/b12-9+. The van der Waals surface area contributed by atoms with Crippen molar-refractivity contribution in [2.24, 2.45) is 0 Å². The van der Waals surface area contributed by atoms with Gasteiger partial charge in [-0.3, -0.25) is 4.90 Å². The zero-order valence-corrected chi connectivity index (χ0v) is 8.55. The topological polar surface area (TPSA) is 3.24 Å². The van der Waals surface area contributed by atoms with Gasteiger partial charge in [-0.15, -0.1) is 0 Å². The highest BCUT2D eigenvalue weighted by molar-refractivity contribution is 5.27. The fourth-order valence-corrected chi connectivity index (χ4v) is 1.68. The van der Waals surface area contributed by atoms with Gasteiger partial charge in [0, 0.05) is 6.54 Å². The summed E-state index contributed by atoms with van der Waals surface area (Å²) in [7, 11) is 0. The van der Waals surface area contributed by atoms with E-state index in [2.05, 4.69) is 24.1 Å². The molecule has 0 saturated carbocycles. The minimum atomic E-state index is 1.04. The molecular weight excluding hydrogens is 158 g/mol. The Morgan fingerprint density at radius 2 is 2.00 bits per heavy atom. The highest BCUT2D eigenvalue weighted by atomic mass is 15.1. The smallest absolute Gasteiger partial charge is 0.0233 e. The molecule has 1 saturated heterocycles. The fraction of sp³-hybridized carbons (Fsp3) is 0.500. The molecule has 0 unspecified atom stereocenters. The van der Waals surface area contributed by atoms with E-state index >= 15 is 0 Å². The number of hydrogen-bond acceptors (Lipinski definition) is 1. The van der Waals surface area contributed by atoms with Crippen molar-refractivity contribution >= 4 is 0 Å². The molecule has 0 amide bonds. The molecule has 0 atom stereocenters. The number of hydrogen-bond donors (Lipinski definition) is 0. The third-order valence-electron chi connectivity index (χ3n) is 2.30. The van der Waals surface area contributed by atoms with E-state index in [1.165, 1.54) is 31.5 Å². The van der Waals surface area contributed by atoms with Crippen molar-refractivity contribution in [1.29, 1.82) is 0 Å². The van der Waals surface area contributed by atoms with Crippen molar-refractivity contribution < 1.29 is 0 Å². The molecule has 1 fully saturated rings. The van der Waals surface area contributed by atoms with Crippen molar-refractivity contribution in [2.75, 3.05) is 19.6 Å². The Morgan fingerprint density at radius 1 is 1.38 bits per heavy atom. The van der Waals surface area contributed by atoms with Crippen LogP contribution in [-0.4, -0.2) is 24.5 Å². The lowest BCUT2D eigenvalue weighted by Crippen LogP contribution is -2.21. The van der Waals surface area contributed by atoms with Crippen LogP contribution in [0.1, 0.15) is 19.8 Å². The van der Waals surface area contributed by atoms with Crippen LogP contribution < -0.4 is 0 Å². The molecule has 13 heavy (non-hydrogen) atoms. The van der Waals surface area contributed by atoms with Gasteiger partial charge in [-0.1, -0.05) is 30.9 Å². The quantitative estimate of drug-likeness (QED) is 0.597. The Labute approximate surface area is 81.4 Å². The fourth-order valence-electron chi connectivity index (χ4n) is 1.68. The van der Waals surface area contributed by atoms with E-state index < -0.39 is 0 Å². The first kappa shape index (κ1) is 10.3. The van der Waals surface area contributed by atoms with E-state index in [4.69, 9.17) is 0 Å². The summed E-state index contributed by atoms with van der Waals surface area (Å²) in [5, 5.41) is 0. The predicted octanol–water partition coefficient (Wildman–Crippen LogP) is 2.77. The van der Waals surface area contributed by atoms with Crippen molar-refractivity contribution in [3.63, 3.8) is 0 Å². The Kier molecular flexibility index (Phi) is 3.97. The van der Waals surface area contributed by atoms with E-state index in [1.807, 2.05) is 13.0 Å². The predicted molar refractivity (Wildman–Crippen MR) is 58.8 cm³/mol. The van der Waals surface area contributed by atoms with E-state index in [0.717, 1.165) is 12.1 Å². The highest BCUT2D eigenvalue weighted by Crippen LogP contribution is 2.11. The number of nitrogens with zero attached hydrogens (tertiary/aromatic N) is 1. The lowest BCUT2D eigenvalue weighted by molar-refractivity contribution is 0.371. The molecule has 1 nitrogen and oxygen atoms in total. The maximum atomic E-state index is 3.87. The Morgan fingerprint density at radius 3 is 2.46 bits per heavy atom. The van der Waals surface area contributed by atoms with Gasteiger partial charge >= 0.3 is 0 Å². The average molecular weight is 177 g/mol. The maximum Gasteiger partial charge on any atom is 0.0233 e. The van der Waals surface area contributed by atoms with Gasteiger partial charge < -0.3 is 0 Å². The third-order valence-corrected chi connectivity index (χ3v) is 2.30. The monoisotopic (exact) mass is 177 g/mol. The van der Waals surface area contributed by atoms with Crippen LogP contribution in [-0.2, 0) is 0 Å². The Hall–Kier alpha value is -0.820. The largest absolute Gasteiger partial charge is 0.299 e. The van der Waals surface area contributed by atoms with Crippen molar-refractivity contribution in [3.05, 3.63) is 36.5 Å². The van der Waals surface area contributed by atoms with Gasteiger partial charge in [0.1, 0.15) is 0 Å². The summed E-state index contributed by atoms with van der Waals surface area (Å²) in [4.78, 5) is 2.47. The van der Waals surface area contributed by atoms with E-state index in [0.29, 0.717) is 0 Å². The Balaban J connectivity index is 2.47. The Bertz CT molecular complexity index is 219. The molecule has 0 spiro atoms. The van der Waals surface area contributed by atoms with E-state index in [-0.39, 0.29) is 0 Å². The van der Waals surface area contributed by atoms with Crippen molar-refractivity contribution in [3.8, 4) is 0 Å². The minimum Gasteiger partial charge on any atom is -0.299 e. The average Bonchev–Trinajstić information content (AvgIpc) is 2.55. The molecule has 72 valence electrons. The molecule has 0 aromatic heterocycles. The van der Waals surface area contributed by atoms with Gasteiger partial charge in [0.2, 0.25) is 0 Å². The summed E-state index contributed by atoms with van der Waals surface area (Å²) in [5.41, 5.74) is 2.39. The van der Waals surface area contributed by atoms with Crippen LogP contribution in [0, 0.1) is 0 Å². The first-order valence-corrected chi connectivity index (χ1v) is 4.93. The summed E-state index contributed by atoms with van der Waals surface area (Å²) >= 11 is 0. The van der Waals surface area contributed by atoms with Gasteiger partial charge in [0.25, 0.3) is 0 Å². The molecule has 0 aliphatic carbocycles. The SMILES string of the molecule is C=C/C(=C\C(=C)C)CN1CCCC1. The zero-order valence-electron chi connectivity index (χ0n) is 8.55. The highest BCUT2D eigenvalue weighted by Gasteiger charge is 2.11.